The fourth-order valence-electron chi connectivity index (χ4n) is 3.01. The average molecular weight is 378 g/mol. The predicted molar refractivity (Wildman–Crippen MR) is 97.2 cm³/mol. The number of benzene rings is 1. The summed E-state index contributed by atoms with van der Waals surface area (Å²) in [5.41, 5.74) is 6.26. The highest BCUT2D eigenvalue weighted by Crippen LogP contribution is 2.41. The lowest BCUT2D eigenvalue weighted by molar-refractivity contribution is 0.795. The minimum Gasteiger partial charge on any atom is -0.381 e. The number of nitriles is 5. The molecule has 3 aromatic rings. The standard InChI is InChI=1S/C17H6N12/c18-1-6-7(2-19)26-13-11(24-6)12-14(27-9(4-21)8(3-20)25-12)16-15(13)28-10(5-22)17(23)29-16/h8-9,25,27H,(H2,23,29). The van der Waals surface area contributed by atoms with Gasteiger partial charge < -0.3 is 16.4 Å². The number of nitrogens with zero attached hydrogens (tertiary/aromatic N) is 9. The number of nitrogens with one attached hydrogen (secondary N) is 2. The fourth-order valence-corrected chi connectivity index (χ4v) is 3.01. The molecular weight excluding hydrogens is 372 g/mol. The van der Waals surface area contributed by atoms with Gasteiger partial charge in [0.2, 0.25) is 0 Å². The van der Waals surface area contributed by atoms with E-state index in [-0.39, 0.29) is 56.3 Å². The second kappa shape index (κ2) is 6.17. The molecule has 0 spiro atoms. The molecule has 0 saturated carbocycles. The summed E-state index contributed by atoms with van der Waals surface area (Å²) in [4.78, 5) is 16.8. The van der Waals surface area contributed by atoms with Crippen molar-refractivity contribution in [3.8, 4) is 30.3 Å². The normalized spacial score (nSPS) is 16.8. The van der Waals surface area contributed by atoms with Gasteiger partial charge in [0.05, 0.1) is 23.5 Å². The first-order chi connectivity index (χ1) is 14.1. The van der Waals surface area contributed by atoms with Crippen LogP contribution in [0.3, 0.4) is 0 Å². The fraction of sp³-hybridized carbons (Fsp3) is 0.118. The summed E-state index contributed by atoms with van der Waals surface area (Å²) < 4.78 is 0. The summed E-state index contributed by atoms with van der Waals surface area (Å²) in [6.45, 7) is 0. The third-order valence-electron chi connectivity index (χ3n) is 4.30. The van der Waals surface area contributed by atoms with E-state index in [2.05, 4.69) is 30.6 Å². The summed E-state index contributed by atoms with van der Waals surface area (Å²) in [6.07, 6.45) is 0. The van der Waals surface area contributed by atoms with E-state index < -0.39 is 12.1 Å². The van der Waals surface area contributed by atoms with Crippen LogP contribution in [0, 0.1) is 56.7 Å². The van der Waals surface area contributed by atoms with Crippen molar-refractivity contribution in [3.63, 3.8) is 0 Å². The molecule has 29 heavy (non-hydrogen) atoms. The van der Waals surface area contributed by atoms with Crippen LogP contribution >= 0.6 is 0 Å². The Hall–Kier alpha value is -5.25. The van der Waals surface area contributed by atoms with E-state index in [0.717, 1.165) is 0 Å². The zero-order chi connectivity index (χ0) is 20.7. The van der Waals surface area contributed by atoms with Gasteiger partial charge in [0, 0.05) is 0 Å². The molecule has 2 unspecified atom stereocenters. The van der Waals surface area contributed by atoms with Gasteiger partial charge in [-0.2, -0.15) is 26.3 Å². The van der Waals surface area contributed by atoms with Crippen molar-refractivity contribution in [1.29, 1.82) is 26.3 Å². The van der Waals surface area contributed by atoms with E-state index in [1.54, 1.807) is 12.1 Å². The van der Waals surface area contributed by atoms with Crippen molar-refractivity contribution in [3.05, 3.63) is 17.1 Å². The highest BCUT2D eigenvalue weighted by Gasteiger charge is 2.33. The van der Waals surface area contributed by atoms with E-state index in [1.165, 1.54) is 0 Å². The highest BCUT2D eigenvalue weighted by atomic mass is 15.1. The highest BCUT2D eigenvalue weighted by molar-refractivity contribution is 6.15. The Kier molecular flexibility index (Phi) is 3.66. The van der Waals surface area contributed by atoms with Crippen molar-refractivity contribution < 1.29 is 0 Å². The van der Waals surface area contributed by atoms with Crippen LogP contribution < -0.4 is 16.4 Å². The molecule has 1 aliphatic heterocycles. The molecule has 0 radical (unpaired) electrons. The number of hydrogen-bond donors (Lipinski definition) is 3. The van der Waals surface area contributed by atoms with Gasteiger partial charge in [-0.1, -0.05) is 0 Å². The van der Waals surface area contributed by atoms with Gasteiger partial charge in [-0.25, -0.2) is 19.9 Å². The maximum atomic E-state index is 9.38. The van der Waals surface area contributed by atoms with Gasteiger partial charge in [0.1, 0.15) is 52.4 Å². The van der Waals surface area contributed by atoms with Gasteiger partial charge in [-0.3, -0.25) is 0 Å². The number of nitrogen functional groups attached to an aromatic ring is 1. The molecular formula is C17H6N12. The van der Waals surface area contributed by atoms with Gasteiger partial charge in [0.25, 0.3) is 0 Å². The topological polar surface area (TPSA) is 221 Å². The van der Waals surface area contributed by atoms with Crippen LogP contribution in [0.1, 0.15) is 17.1 Å². The van der Waals surface area contributed by atoms with Crippen LogP contribution in [-0.4, -0.2) is 32.0 Å². The minimum atomic E-state index is -0.931. The molecule has 0 aliphatic carbocycles. The molecule has 3 heterocycles. The van der Waals surface area contributed by atoms with Gasteiger partial charge >= 0.3 is 0 Å². The van der Waals surface area contributed by atoms with Crippen LogP contribution in [0.25, 0.3) is 22.1 Å². The Bertz CT molecular complexity index is 1440. The van der Waals surface area contributed by atoms with Crippen molar-refractivity contribution in [2.24, 2.45) is 0 Å². The smallest absolute Gasteiger partial charge is 0.183 e. The lowest BCUT2D eigenvalue weighted by atomic mass is 10.0. The number of rotatable bonds is 0. The molecule has 1 aromatic carbocycles. The van der Waals surface area contributed by atoms with Gasteiger partial charge in [-0.15, -0.1) is 0 Å². The molecule has 4 rings (SSSR count). The third-order valence-corrected chi connectivity index (χ3v) is 4.30. The number of nitrogens with two attached hydrogens (primary N) is 1. The zero-order valence-electron chi connectivity index (χ0n) is 14.3. The Morgan fingerprint density at radius 3 is 1.48 bits per heavy atom. The molecule has 0 bridgehead atoms. The van der Waals surface area contributed by atoms with Crippen molar-refractivity contribution in [2.75, 3.05) is 16.4 Å². The lowest BCUT2D eigenvalue weighted by Gasteiger charge is -2.29. The molecule has 2 atom stereocenters. The molecule has 134 valence electrons. The van der Waals surface area contributed by atoms with Crippen LogP contribution in [0.5, 0.6) is 0 Å². The number of hydrogen-bond acceptors (Lipinski definition) is 12. The largest absolute Gasteiger partial charge is 0.381 e. The quantitative estimate of drug-likeness (QED) is 0.452. The molecule has 0 saturated heterocycles. The average Bonchev–Trinajstić information content (AvgIpc) is 2.76. The van der Waals surface area contributed by atoms with E-state index in [1.807, 2.05) is 18.2 Å². The van der Waals surface area contributed by atoms with E-state index in [9.17, 15) is 26.3 Å². The SMILES string of the molecule is N#Cc1nc2c(nc1N)c1c(c3nc(C#N)c(C#N)nc32)NC(C#N)C(C#N)N1. The minimum absolute atomic E-state index is 0.0969. The van der Waals surface area contributed by atoms with Crippen molar-refractivity contribution >= 4 is 39.3 Å². The molecule has 0 amide bonds. The zero-order valence-corrected chi connectivity index (χ0v) is 14.3. The number of anilines is 3. The van der Waals surface area contributed by atoms with Crippen LogP contribution in [0.4, 0.5) is 17.2 Å². The van der Waals surface area contributed by atoms with Crippen molar-refractivity contribution in [1.82, 2.24) is 19.9 Å². The summed E-state index contributed by atoms with van der Waals surface area (Å²) in [6, 6.07) is 7.52. The summed E-state index contributed by atoms with van der Waals surface area (Å²) in [5, 5.41) is 52.4. The van der Waals surface area contributed by atoms with Gasteiger partial charge in [0.15, 0.2) is 22.9 Å². The van der Waals surface area contributed by atoms with Crippen LogP contribution in [0.15, 0.2) is 0 Å². The second-order valence-corrected chi connectivity index (χ2v) is 5.86. The maximum Gasteiger partial charge on any atom is 0.183 e. The van der Waals surface area contributed by atoms with Gasteiger partial charge in [-0.05, 0) is 0 Å². The lowest BCUT2D eigenvalue weighted by Crippen LogP contribution is -2.41. The summed E-state index contributed by atoms with van der Waals surface area (Å²) >= 11 is 0. The molecule has 12 nitrogen and oxygen atoms in total. The van der Waals surface area contributed by atoms with E-state index >= 15 is 0 Å². The first-order valence-electron chi connectivity index (χ1n) is 7.93. The molecule has 1 aliphatic rings. The Balaban J connectivity index is 2.23. The molecule has 12 heteroatoms. The summed E-state index contributed by atoms with van der Waals surface area (Å²) in [5.74, 6) is -0.138. The second-order valence-electron chi connectivity index (χ2n) is 5.86. The number of fused-ring (bicyclic) bond motifs is 6. The monoisotopic (exact) mass is 378 g/mol. The van der Waals surface area contributed by atoms with Crippen molar-refractivity contribution in [2.45, 2.75) is 12.1 Å². The van der Waals surface area contributed by atoms with Crippen LogP contribution in [-0.2, 0) is 0 Å². The Labute approximate surface area is 162 Å². The third kappa shape index (κ3) is 2.34. The summed E-state index contributed by atoms with van der Waals surface area (Å²) in [7, 11) is 0. The Morgan fingerprint density at radius 2 is 1.03 bits per heavy atom. The van der Waals surface area contributed by atoms with E-state index in [0.29, 0.717) is 0 Å². The Morgan fingerprint density at radius 1 is 0.621 bits per heavy atom. The first-order valence-corrected chi connectivity index (χ1v) is 7.93. The number of aromatic nitrogens is 4. The molecule has 2 aromatic heterocycles. The molecule has 0 fully saturated rings. The first kappa shape index (κ1) is 17.2. The predicted octanol–water partition coefficient (Wildman–Crippen LogP) is 0.392. The van der Waals surface area contributed by atoms with E-state index in [4.69, 9.17) is 5.73 Å². The maximum absolute atomic E-state index is 9.38. The molecule has 4 N–H and O–H groups in total. The van der Waals surface area contributed by atoms with Crippen LogP contribution in [0.2, 0.25) is 0 Å².